The number of carbonyl (C=O) groups excluding carboxylic acids is 1. The van der Waals surface area contributed by atoms with Crippen LogP contribution >= 0.6 is 0 Å². The molecule has 3 heterocycles. The van der Waals surface area contributed by atoms with Crippen LogP contribution < -0.4 is 20.7 Å². The van der Waals surface area contributed by atoms with Crippen LogP contribution in [0.3, 0.4) is 0 Å². The van der Waals surface area contributed by atoms with Gasteiger partial charge in [-0.15, -0.1) is 0 Å². The molecular formula is C31H49N7O2. The number of aromatic nitrogens is 2. The number of piperazine rings is 1. The highest BCUT2D eigenvalue weighted by atomic mass is 16.5. The van der Waals surface area contributed by atoms with Gasteiger partial charge in [-0.1, -0.05) is 40.0 Å². The van der Waals surface area contributed by atoms with E-state index in [2.05, 4.69) is 58.0 Å². The lowest BCUT2D eigenvalue weighted by Gasteiger charge is -2.42. The smallest absolute Gasteiger partial charge is 0.271 e. The molecule has 2 saturated heterocycles. The van der Waals surface area contributed by atoms with Crippen molar-refractivity contribution in [1.82, 2.24) is 19.8 Å². The van der Waals surface area contributed by atoms with Gasteiger partial charge < -0.3 is 25.6 Å². The lowest BCUT2D eigenvalue weighted by molar-refractivity contribution is 0.0982. The van der Waals surface area contributed by atoms with E-state index in [0.29, 0.717) is 29.9 Å². The van der Waals surface area contributed by atoms with Crippen molar-refractivity contribution < 1.29 is 9.53 Å². The van der Waals surface area contributed by atoms with Gasteiger partial charge in [-0.05, 0) is 63.4 Å². The van der Waals surface area contributed by atoms with Crippen molar-refractivity contribution in [1.29, 1.82) is 0 Å². The second-order valence-corrected chi connectivity index (χ2v) is 11.3. The first-order valence-electron chi connectivity index (χ1n) is 15.3. The Labute approximate surface area is 240 Å². The van der Waals surface area contributed by atoms with E-state index in [4.69, 9.17) is 15.5 Å². The number of rotatable bonds is 13. The molecule has 9 heteroatoms. The molecule has 0 radical (unpaired) electrons. The van der Waals surface area contributed by atoms with Gasteiger partial charge in [-0.3, -0.25) is 9.69 Å². The van der Waals surface area contributed by atoms with Gasteiger partial charge in [-0.2, -0.15) is 4.98 Å². The molecule has 1 amide bonds. The van der Waals surface area contributed by atoms with Gasteiger partial charge in [0.25, 0.3) is 5.91 Å². The number of piperidine rings is 1. The van der Waals surface area contributed by atoms with Crippen LogP contribution in [-0.2, 0) is 6.42 Å². The van der Waals surface area contributed by atoms with Gasteiger partial charge in [0.1, 0.15) is 11.8 Å². The summed E-state index contributed by atoms with van der Waals surface area (Å²) in [6.45, 7) is 13.2. The van der Waals surface area contributed by atoms with Crippen molar-refractivity contribution in [3.8, 4) is 5.88 Å². The first-order valence-corrected chi connectivity index (χ1v) is 15.3. The first-order chi connectivity index (χ1) is 19.4. The summed E-state index contributed by atoms with van der Waals surface area (Å²) in [7, 11) is 2.21. The number of carbonyl (C=O) groups is 1. The van der Waals surface area contributed by atoms with Crippen LogP contribution in [0.15, 0.2) is 24.3 Å². The van der Waals surface area contributed by atoms with E-state index in [1.54, 1.807) is 0 Å². The molecule has 0 saturated carbocycles. The maximum absolute atomic E-state index is 12.3. The standard InChI is InChI=1S/C31H49N7O2/c1-5-8-10-26(9-6-2)40-31-27(7-3)34-28(29(32)39)30(35-31)33-23-11-13-24(14-12-23)37-17-15-25(16-18-37)38-21-19-36(4)20-22-38/h11-14,25-26H,5-10,15-22H2,1-4H3,(H2,32,39)(H,33,35). The number of amides is 1. The first kappa shape index (κ1) is 30.1. The predicted molar refractivity (Wildman–Crippen MR) is 163 cm³/mol. The SMILES string of the molecule is CCCCC(CCC)Oc1nc(Nc2ccc(N3CCC(N4CCN(C)CC4)CC3)cc2)c(C(N)=O)nc1CC. The average molecular weight is 552 g/mol. The second kappa shape index (κ2) is 14.6. The van der Waals surface area contributed by atoms with E-state index in [1.165, 1.54) is 44.7 Å². The topological polar surface area (TPSA) is 99.9 Å². The number of aryl methyl sites for hydroxylation is 1. The number of primary amides is 1. The molecule has 3 N–H and O–H groups in total. The Morgan fingerprint density at radius 3 is 2.30 bits per heavy atom. The number of nitrogens with two attached hydrogens (primary N) is 1. The predicted octanol–water partition coefficient (Wildman–Crippen LogP) is 4.84. The molecule has 0 bridgehead atoms. The molecule has 2 aromatic rings. The third-order valence-electron chi connectivity index (χ3n) is 8.28. The Kier molecular flexibility index (Phi) is 11.0. The average Bonchev–Trinajstić information content (AvgIpc) is 2.97. The quantitative estimate of drug-likeness (QED) is 0.365. The monoisotopic (exact) mass is 551 g/mol. The molecule has 4 rings (SSSR count). The van der Waals surface area contributed by atoms with Crippen molar-refractivity contribution in [2.24, 2.45) is 5.73 Å². The van der Waals surface area contributed by atoms with Gasteiger partial charge in [0, 0.05) is 56.7 Å². The van der Waals surface area contributed by atoms with Gasteiger partial charge >= 0.3 is 0 Å². The van der Waals surface area contributed by atoms with Crippen LogP contribution in [0, 0.1) is 0 Å². The summed E-state index contributed by atoms with van der Waals surface area (Å²) < 4.78 is 6.37. The zero-order chi connectivity index (χ0) is 28.5. The van der Waals surface area contributed by atoms with Crippen LogP contribution in [0.1, 0.15) is 81.9 Å². The number of anilines is 3. The van der Waals surface area contributed by atoms with Gasteiger partial charge in [0.05, 0.1) is 0 Å². The number of unbranched alkanes of at least 4 members (excludes halogenated alkanes) is 1. The molecule has 2 fully saturated rings. The fourth-order valence-corrected chi connectivity index (χ4v) is 5.78. The minimum atomic E-state index is -0.604. The van der Waals surface area contributed by atoms with E-state index in [0.717, 1.165) is 50.9 Å². The van der Waals surface area contributed by atoms with Crippen molar-refractivity contribution in [3.05, 3.63) is 35.7 Å². The van der Waals surface area contributed by atoms with Gasteiger partial charge in [0.2, 0.25) is 5.88 Å². The summed E-state index contributed by atoms with van der Waals surface area (Å²) in [5, 5.41) is 3.29. The summed E-state index contributed by atoms with van der Waals surface area (Å²) in [6.07, 6.45) is 8.27. The number of nitrogens with one attached hydrogen (secondary N) is 1. The minimum absolute atomic E-state index is 0.0801. The lowest BCUT2D eigenvalue weighted by atomic mass is 10.0. The van der Waals surface area contributed by atoms with Crippen LogP contribution in [-0.4, -0.2) is 84.1 Å². The molecule has 40 heavy (non-hydrogen) atoms. The third kappa shape index (κ3) is 7.85. The molecule has 9 nitrogen and oxygen atoms in total. The molecule has 2 aliphatic heterocycles. The Morgan fingerprint density at radius 2 is 1.70 bits per heavy atom. The molecule has 0 aliphatic carbocycles. The molecule has 2 aliphatic rings. The minimum Gasteiger partial charge on any atom is -0.473 e. The summed E-state index contributed by atoms with van der Waals surface area (Å²) in [4.78, 5) is 29.2. The molecule has 0 spiro atoms. The third-order valence-corrected chi connectivity index (χ3v) is 8.28. The highest BCUT2D eigenvalue weighted by Crippen LogP contribution is 2.28. The molecule has 1 unspecified atom stereocenters. The van der Waals surface area contributed by atoms with E-state index in [1.807, 2.05) is 19.1 Å². The summed E-state index contributed by atoms with van der Waals surface area (Å²) in [5.41, 5.74) is 8.56. The Morgan fingerprint density at radius 1 is 1.00 bits per heavy atom. The van der Waals surface area contributed by atoms with E-state index in [-0.39, 0.29) is 11.8 Å². The lowest BCUT2D eigenvalue weighted by Crippen LogP contribution is -2.52. The normalized spacial score (nSPS) is 18.1. The highest BCUT2D eigenvalue weighted by molar-refractivity contribution is 5.96. The van der Waals surface area contributed by atoms with Crippen molar-refractivity contribution in [2.75, 3.05) is 56.5 Å². The Bertz CT molecular complexity index is 1080. The van der Waals surface area contributed by atoms with Crippen LogP contribution in [0.5, 0.6) is 5.88 Å². The largest absolute Gasteiger partial charge is 0.473 e. The zero-order valence-corrected chi connectivity index (χ0v) is 25.0. The molecule has 220 valence electrons. The van der Waals surface area contributed by atoms with Crippen molar-refractivity contribution >= 4 is 23.1 Å². The molecule has 1 aromatic carbocycles. The molecule has 1 aromatic heterocycles. The maximum atomic E-state index is 12.3. The number of hydrogen-bond donors (Lipinski definition) is 2. The Hall–Kier alpha value is -2.91. The highest BCUT2D eigenvalue weighted by Gasteiger charge is 2.27. The number of ether oxygens (including phenoxy) is 1. The number of nitrogens with zero attached hydrogens (tertiary/aromatic N) is 5. The van der Waals surface area contributed by atoms with Crippen molar-refractivity contribution in [3.63, 3.8) is 0 Å². The maximum Gasteiger partial charge on any atom is 0.271 e. The summed E-state index contributed by atoms with van der Waals surface area (Å²) in [6, 6.07) is 9.02. The summed E-state index contributed by atoms with van der Waals surface area (Å²) in [5.74, 6) is 0.225. The molecule has 1 atom stereocenters. The fourth-order valence-electron chi connectivity index (χ4n) is 5.78. The van der Waals surface area contributed by atoms with E-state index in [9.17, 15) is 4.79 Å². The number of benzene rings is 1. The van der Waals surface area contributed by atoms with E-state index >= 15 is 0 Å². The number of hydrogen-bond acceptors (Lipinski definition) is 8. The van der Waals surface area contributed by atoms with Crippen molar-refractivity contribution in [2.45, 2.75) is 84.3 Å². The van der Waals surface area contributed by atoms with Crippen LogP contribution in [0.25, 0.3) is 0 Å². The second-order valence-electron chi connectivity index (χ2n) is 11.3. The van der Waals surface area contributed by atoms with Crippen LogP contribution in [0.4, 0.5) is 17.2 Å². The zero-order valence-electron chi connectivity index (χ0n) is 25.0. The van der Waals surface area contributed by atoms with E-state index < -0.39 is 5.91 Å². The van der Waals surface area contributed by atoms with Gasteiger partial charge in [-0.25, -0.2) is 4.98 Å². The van der Waals surface area contributed by atoms with Crippen LogP contribution in [0.2, 0.25) is 0 Å². The molecular weight excluding hydrogens is 502 g/mol. The fraction of sp³-hybridized carbons (Fsp3) is 0.645. The van der Waals surface area contributed by atoms with Gasteiger partial charge in [0.15, 0.2) is 11.5 Å². The Balaban J connectivity index is 1.43. The number of likely N-dealkylation sites (N-methyl/N-ethyl adjacent to an activating group) is 1. The summed E-state index contributed by atoms with van der Waals surface area (Å²) >= 11 is 0.